The molecular formula is C35H23N. The van der Waals surface area contributed by atoms with E-state index in [1.165, 1.54) is 66.0 Å². The SMILES string of the molecule is c1ccc(C2(c3ccccc3)c3cc4[nH]c5ccccc5c4cc3-c3ccc4ccccc4c32)cc1. The van der Waals surface area contributed by atoms with Crippen molar-refractivity contribution < 1.29 is 0 Å². The Hall–Kier alpha value is -4.62. The second kappa shape index (κ2) is 7.19. The lowest BCUT2D eigenvalue weighted by atomic mass is 9.66. The largest absolute Gasteiger partial charge is 0.355 e. The molecule has 0 unspecified atom stereocenters. The van der Waals surface area contributed by atoms with Gasteiger partial charge in [0.05, 0.1) is 5.41 Å². The fraction of sp³-hybridized carbons (Fsp3) is 0.0286. The first-order valence-corrected chi connectivity index (χ1v) is 12.5. The van der Waals surface area contributed by atoms with E-state index in [0.29, 0.717) is 0 Å². The third kappa shape index (κ3) is 2.44. The van der Waals surface area contributed by atoms with Gasteiger partial charge in [-0.05, 0) is 62.4 Å². The number of benzene rings is 6. The Morgan fingerprint density at radius 3 is 1.83 bits per heavy atom. The standard InChI is InChI=1S/C35H23N/c1-3-12-24(13-4-1)35(25-14-5-2-6-15-25)31-22-33-30(27-17-9-10-18-32(27)36-33)21-29(31)28-20-19-23-11-7-8-16-26(23)34(28)35/h1-22,36H. The molecule has 0 fully saturated rings. The van der Waals surface area contributed by atoms with E-state index in [0.717, 1.165) is 0 Å². The van der Waals surface area contributed by atoms with Crippen molar-refractivity contribution in [1.82, 2.24) is 4.98 Å². The normalized spacial score (nSPS) is 13.8. The Kier molecular flexibility index (Phi) is 3.93. The third-order valence-electron chi connectivity index (χ3n) is 8.06. The maximum atomic E-state index is 3.71. The molecule has 6 aromatic carbocycles. The number of nitrogens with one attached hydrogen (secondary N) is 1. The molecule has 7 aromatic rings. The Balaban J connectivity index is 1.63. The second-order valence-electron chi connectivity index (χ2n) is 9.81. The quantitative estimate of drug-likeness (QED) is 0.267. The third-order valence-corrected chi connectivity index (χ3v) is 8.06. The number of hydrogen-bond donors (Lipinski definition) is 1. The zero-order chi connectivity index (χ0) is 23.7. The van der Waals surface area contributed by atoms with Crippen LogP contribution >= 0.6 is 0 Å². The summed E-state index contributed by atoms with van der Waals surface area (Å²) in [5.41, 5.74) is 9.90. The Morgan fingerprint density at radius 2 is 1.08 bits per heavy atom. The average Bonchev–Trinajstić information content (AvgIpc) is 3.46. The number of para-hydroxylation sites is 1. The van der Waals surface area contributed by atoms with Gasteiger partial charge in [-0.1, -0.05) is 115 Å². The van der Waals surface area contributed by atoms with Gasteiger partial charge in [-0.3, -0.25) is 0 Å². The molecule has 1 nitrogen and oxygen atoms in total. The van der Waals surface area contributed by atoms with Crippen molar-refractivity contribution in [1.29, 1.82) is 0 Å². The molecule has 1 aliphatic carbocycles. The summed E-state index contributed by atoms with van der Waals surface area (Å²) in [6.45, 7) is 0. The summed E-state index contributed by atoms with van der Waals surface area (Å²) >= 11 is 0. The molecule has 0 amide bonds. The van der Waals surface area contributed by atoms with Gasteiger partial charge in [0, 0.05) is 21.8 Å². The first kappa shape index (κ1) is 19.7. The lowest BCUT2D eigenvalue weighted by molar-refractivity contribution is 0.776. The molecule has 1 heterocycles. The molecule has 0 aliphatic heterocycles. The smallest absolute Gasteiger partial charge is 0.0720 e. The molecule has 1 aromatic heterocycles. The fourth-order valence-electron chi connectivity index (χ4n) is 6.61. The molecule has 0 radical (unpaired) electrons. The van der Waals surface area contributed by atoms with Crippen LogP contribution in [0.1, 0.15) is 22.3 Å². The predicted octanol–water partition coefficient (Wildman–Crippen LogP) is 8.84. The summed E-state index contributed by atoms with van der Waals surface area (Å²) < 4.78 is 0. The van der Waals surface area contributed by atoms with E-state index in [4.69, 9.17) is 0 Å². The monoisotopic (exact) mass is 457 g/mol. The van der Waals surface area contributed by atoms with Crippen molar-refractivity contribution >= 4 is 32.6 Å². The van der Waals surface area contributed by atoms with Gasteiger partial charge in [-0.25, -0.2) is 0 Å². The van der Waals surface area contributed by atoms with Crippen LogP contribution in [0, 0.1) is 0 Å². The van der Waals surface area contributed by atoms with Crippen molar-refractivity contribution in [2.75, 3.05) is 0 Å². The second-order valence-corrected chi connectivity index (χ2v) is 9.81. The lowest BCUT2D eigenvalue weighted by Crippen LogP contribution is -2.28. The minimum atomic E-state index is -0.417. The van der Waals surface area contributed by atoms with Crippen LogP contribution in [0.25, 0.3) is 43.7 Å². The molecule has 8 rings (SSSR count). The summed E-state index contributed by atoms with van der Waals surface area (Å²) in [7, 11) is 0. The molecule has 1 N–H and O–H groups in total. The number of hydrogen-bond acceptors (Lipinski definition) is 0. The van der Waals surface area contributed by atoms with Crippen LogP contribution in [0.2, 0.25) is 0 Å². The van der Waals surface area contributed by atoms with Gasteiger partial charge in [0.25, 0.3) is 0 Å². The molecule has 1 heteroatoms. The molecule has 36 heavy (non-hydrogen) atoms. The zero-order valence-electron chi connectivity index (χ0n) is 19.7. The predicted molar refractivity (Wildman–Crippen MR) is 151 cm³/mol. The first-order valence-electron chi connectivity index (χ1n) is 12.5. The van der Waals surface area contributed by atoms with E-state index in [1.807, 2.05) is 0 Å². The zero-order valence-corrected chi connectivity index (χ0v) is 19.7. The van der Waals surface area contributed by atoms with Gasteiger partial charge in [0.1, 0.15) is 0 Å². The number of H-pyrrole nitrogens is 1. The van der Waals surface area contributed by atoms with Crippen molar-refractivity contribution in [3.05, 3.63) is 156 Å². The molecule has 0 spiro atoms. The Morgan fingerprint density at radius 1 is 0.444 bits per heavy atom. The molecule has 0 saturated heterocycles. The van der Waals surface area contributed by atoms with Gasteiger partial charge in [0.15, 0.2) is 0 Å². The molecular weight excluding hydrogens is 434 g/mol. The van der Waals surface area contributed by atoms with Crippen LogP contribution < -0.4 is 0 Å². The van der Waals surface area contributed by atoms with Crippen molar-refractivity contribution in [2.24, 2.45) is 0 Å². The molecule has 0 bridgehead atoms. The van der Waals surface area contributed by atoms with Gasteiger partial charge in [-0.15, -0.1) is 0 Å². The minimum absolute atomic E-state index is 0.417. The lowest BCUT2D eigenvalue weighted by Gasteiger charge is -2.34. The van der Waals surface area contributed by atoms with E-state index >= 15 is 0 Å². The van der Waals surface area contributed by atoms with Crippen LogP contribution in [0.15, 0.2) is 133 Å². The Bertz CT molecular complexity index is 1890. The highest BCUT2D eigenvalue weighted by Crippen LogP contribution is 2.58. The first-order chi connectivity index (χ1) is 17.9. The maximum absolute atomic E-state index is 3.71. The van der Waals surface area contributed by atoms with Crippen molar-refractivity contribution in [2.45, 2.75) is 5.41 Å². The van der Waals surface area contributed by atoms with E-state index < -0.39 is 5.41 Å². The number of fused-ring (bicyclic) bond motifs is 8. The van der Waals surface area contributed by atoms with E-state index in [2.05, 4.69) is 138 Å². The highest BCUT2D eigenvalue weighted by Gasteiger charge is 2.47. The summed E-state index contributed by atoms with van der Waals surface area (Å²) in [6, 6.07) is 49.0. The number of rotatable bonds is 2. The van der Waals surface area contributed by atoms with Gasteiger partial charge < -0.3 is 4.98 Å². The van der Waals surface area contributed by atoms with Crippen LogP contribution in [0.4, 0.5) is 0 Å². The van der Waals surface area contributed by atoms with Gasteiger partial charge in [0.2, 0.25) is 0 Å². The highest BCUT2D eigenvalue weighted by molar-refractivity contribution is 6.11. The van der Waals surface area contributed by atoms with Crippen LogP contribution in [0.3, 0.4) is 0 Å². The van der Waals surface area contributed by atoms with Crippen LogP contribution in [0.5, 0.6) is 0 Å². The van der Waals surface area contributed by atoms with E-state index in [9.17, 15) is 0 Å². The molecule has 0 saturated carbocycles. The van der Waals surface area contributed by atoms with Crippen molar-refractivity contribution in [3.63, 3.8) is 0 Å². The number of aromatic nitrogens is 1. The van der Waals surface area contributed by atoms with Crippen molar-refractivity contribution in [3.8, 4) is 11.1 Å². The summed E-state index contributed by atoms with van der Waals surface area (Å²) in [6.07, 6.45) is 0. The molecule has 1 aliphatic rings. The van der Waals surface area contributed by atoms with Crippen LogP contribution in [-0.2, 0) is 5.41 Å². The topological polar surface area (TPSA) is 15.8 Å². The summed E-state index contributed by atoms with van der Waals surface area (Å²) in [5.74, 6) is 0. The van der Waals surface area contributed by atoms with Crippen LogP contribution in [-0.4, -0.2) is 4.98 Å². The number of aromatic amines is 1. The fourth-order valence-corrected chi connectivity index (χ4v) is 6.61. The average molecular weight is 458 g/mol. The molecule has 0 atom stereocenters. The summed E-state index contributed by atoms with van der Waals surface area (Å²) in [4.78, 5) is 3.71. The highest BCUT2D eigenvalue weighted by atomic mass is 14.7. The van der Waals surface area contributed by atoms with E-state index in [1.54, 1.807) is 0 Å². The molecule has 168 valence electrons. The summed E-state index contributed by atoms with van der Waals surface area (Å²) in [5, 5.41) is 5.14. The van der Waals surface area contributed by atoms with E-state index in [-0.39, 0.29) is 0 Å². The van der Waals surface area contributed by atoms with Gasteiger partial charge >= 0.3 is 0 Å². The maximum Gasteiger partial charge on any atom is 0.0720 e. The Labute approximate surface area is 209 Å². The minimum Gasteiger partial charge on any atom is -0.355 e. The van der Waals surface area contributed by atoms with Gasteiger partial charge in [-0.2, -0.15) is 0 Å².